The highest BCUT2D eigenvalue weighted by atomic mass is 35.5. The number of rotatable bonds is 5. The molecule has 3 rings (SSSR count). The first kappa shape index (κ1) is 17.7. The fourth-order valence-electron chi connectivity index (χ4n) is 3.13. The third kappa shape index (κ3) is 4.69. The first-order valence-electron chi connectivity index (χ1n) is 8.69. The van der Waals surface area contributed by atoms with Crippen molar-refractivity contribution in [2.45, 2.75) is 26.2 Å². The third-order valence-corrected chi connectivity index (χ3v) is 4.88. The number of hydrogen-bond acceptors (Lipinski definition) is 4. The van der Waals surface area contributed by atoms with E-state index in [1.165, 1.54) is 0 Å². The predicted molar refractivity (Wildman–Crippen MR) is 99.9 cm³/mol. The standard InChI is InChI=1S/C19H23ClN4O/c1-14-8-10-22-19(23-14)24-12-4-6-16(13-24)18(25)21-11-9-15-5-2-3-7-17(15)20/h2-3,5,7-8,10,16H,4,6,9,11-13H2,1H3,(H,21,25)/t16-/m1/s1. The highest BCUT2D eigenvalue weighted by molar-refractivity contribution is 6.31. The number of aryl methyl sites for hydroxylation is 1. The van der Waals surface area contributed by atoms with Crippen molar-refractivity contribution in [2.75, 3.05) is 24.5 Å². The van der Waals surface area contributed by atoms with E-state index in [4.69, 9.17) is 11.6 Å². The Bertz CT molecular complexity index is 737. The molecule has 0 aliphatic carbocycles. The van der Waals surface area contributed by atoms with Crippen molar-refractivity contribution in [3.63, 3.8) is 0 Å². The minimum Gasteiger partial charge on any atom is -0.355 e. The zero-order chi connectivity index (χ0) is 17.6. The zero-order valence-electron chi connectivity index (χ0n) is 14.4. The third-order valence-electron chi connectivity index (χ3n) is 4.51. The monoisotopic (exact) mass is 358 g/mol. The summed E-state index contributed by atoms with van der Waals surface area (Å²) >= 11 is 6.15. The van der Waals surface area contributed by atoms with E-state index in [1.807, 2.05) is 37.3 Å². The fourth-order valence-corrected chi connectivity index (χ4v) is 3.36. The van der Waals surface area contributed by atoms with Crippen LogP contribution in [0.25, 0.3) is 0 Å². The lowest BCUT2D eigenvalue weighted by molar-refractivity contribution is -0.125. The maximum atomic E-state index is 12.5. The second kappa shape index (κ2) is 8.30. The van der Waals surface area contributed by atoms with E-state index in [0.29, 0.717) is 19.0 Å². The van der Waals surface area contributed by atoms with Crippen LogP contribution in [0.3, 0.4) is 0 Å². The number of benzene rings is 1. The van der Waals surface area contributed by atoms with Crippen LogP contribution >= 0.6 is 11.6 Å². The molecule has 1 aromatic heterocycles. The number of nitrogens with one attached hydrogen (secondary N) is 1. The van der Waals surface area contributed by atoms with Crippen molar-refractivity contribution < 1.29 is 4.79 Å². The number of amides is 1. The summed E-state index contributed by atoms with van der Waals surface area (Å²) in [7, 11) is 0. The maximum Gasteiger partial charge on any atom is 0.225 e. The molecule has 2 heterocycles. The van der Waals surface area contributed by atoms with E-state index in [0.717, 1.165) is 42.1 Å². The van der Waals surface area contributed by atoms with E-state index in [-0.39, 0.29) is 11.8 Å². The van der Waals surface area contributed by atoms with Crippen molar-refractivity contribution in [1.82, 2.24) is 15.3 Å². The topological polar surface area (TPSA) is 58.1 Å². The van der Waals surface area contributed by atoms with Gasteiger partial charge in [0, 0.05) is 36.5 Å². The number of hydrogen-bond donors (Lipinski definition) is 1. The zero-order valence-corrected chi connectivity index (χ0v) is 15.2. The number of nitrogens with zero attached hydrogens (tertiary/aromatic N) is 3. The molecule has 0 radical (unpaired) electrons. The molecule has 0 saturated carbocycles. The molecule has 2 aromatic rings. The summed E-state index contributed by atoms with van der Waals surface area (Å²) in [6.07, 6.45) is 4.38. The molecule has 1 N–H and O–H groups in total. The Labute approximate surface area is 153 Å². The number of halogens is 1. The summed E-state index contributed by atoms with van der Waals surface area (Å²) in [6, 6.07) is 9.62. The van der Waals surface area contributed by atoms with Crippen molar-refractivity contribution in [1.29, 1.82) is 0 Å². The number of piperidine rings is 1. The first-order chi connectivity index (χ1) is 12.1. The molecule has 1 atom stereocenters. The van der Waals surface area contributed by atoms with Gasteiger partial charge in [-0.05, 0) is 43.9 Å². The van der Waals surface area contributed by atoms with Gasteiger partial charge in [-0.15, -0.1) is 0 Å². The molecule has 1 aromatic carbocycles. The summed E-state index contributed by atoms with van der Waals surface area (Å²) in [5, 5.41) is 3.79. The fraction of sp³-hybridized carbons (Fsp3) is 0.421. The van der Waals surface area contributed by atoms with E-state index < -0.39 is 0 Å². The van der Waals surface area contributed by atoms with E-state index >= 15 is 0 Å². The van der Waals surface area contributed by atoms with Crippen LogP contribution < -0.4 is 10.2 Å². The SMILES string of the molecule is Cc1ccnc(N2CCC[C@@H](C(=O)NCCc3ccccc3Cl)C2)n1. The van der Waals surface area contributed by atoms with Crippen LogP contribution in [-0.4, -0.2) is 35.5 Å². The minimum atomic E-state index is -0.0240. The summed E-state index contributed by atoms with van der Waals surface area (Å²) in [6.45, 7) is 4.11. The van der Waals surface area contributed by atoms with Crippen LogP contribution in [0.2, 0.25) is 5.02 Å². The van der Waals surface area contributed by atoms with Crippen LogP contribution in [-0.2, 0) is 11.2 Å². The number of anilines is 1. The summed E-state index contributed by atoms with van der Waals surface area (Å²) in [4.78, 5) is 23.4. The average Bonchev–Trinajstić information content (AvgIpc) is 2.63. The number of carbonyl (C=O) groups is 1. The van der Waals surface area contributed by atoms with Gasteiger partial charge in [0.15, 0.2) is 0 Å². The highest BCUT2D eigenvalue weighted by Gasteiger charge is 2.26. The minimum absolute atomic E-state index is 0.0240. The lowest BCUT2D eigenvalue weighted by Gasteiger charge is -2.32. The molecule has 1 aliphatic rings. The Morgan fingerprint density at radius 3 is 3.00 bits per heavy atom. The summed E-state index contributed by atoms with van der Waals surface area (Å²) in [5.74, 6) is 0.794. The normalized spacial score (nSPS) is 17.4. The molecular weight excluding hydrogens is 336 g/mol. The smallest absolute Gasteiger partial charge is 0.225 e. The van der Waals surface area contributed by atoms with Gasteiger partial charge in [-0.2, -0.15) is 0 Å². The second-order valence-electron chi connectivity index (χ2n) is 6.42. The average molecular weight is 359 g/mol. The van der Waals surface area contributed by atoms with Crippen molar-refractivity contribution >= 4 is 23.5 Å². The van der Waals surface area contributed by atoms with E-state index in [1.54, 1.807) is 6.20 Å². The van der Waals surface area contributed by atoms with Gasteiger partial charge in [0.05, 0.1) is 5.92 Å². The summed E-state index contributed by atoms with van der Waals surface area (Å²) in [5.41, 5.74) is 2.00. The van der Waals surface area contributed by atoms with Crippen molar-refractivity contribution in [3.05, 3.63) is 52.8 Å². The van der Waals surface area contributed by atoms with E-state index in [2.05, 4.69) is 20.2 Å². The lowest BCUT2D eigenvalue weighted by Crippen LogP contribution is -2.44. The van der Waals surface area contributed by atoms with Crippen LogP contribution in [0.5, 0.6) is 0 Å². The van der Waals surface area contributed by atoms with Gasteiger partial charge in [0.2, 0.25) is 11.9 Å². The Balaban J connectivity index is 1.52. The van der Waals surface area contributed by atoms with Gasteiger partial charge in [-0.25, -0.2) is 9.97 Å². The molecule has 1 fully saturated rings. The van der Waals surface area contributed by atoms with Gasteiger partial charge in [0.1, 0.15) is 0 Å². The molecule has 1 aliphatic heterocycles. The Morgan fingerprint density at radius 2 is 2.20 bits per heavy atom. The van der Waals surface area contributed by atoms with Crippen LogP contribution in [0.4, 0.5) is 5.95 Å². The van der Waals surface area contributed by atoms with Crippen LogP contribution in [0, 0.1) is 12.8 Å². The molecule has 0 unspecified atom stereocenters. The molecule has 1 amide bonds. The lowest BCUT2D eigenvalue weighted by atomic mass is 9.97. The summed E-state index contributed by atoms with van der Waals surface area (Å²) < 4.78 is 0. The van der Waals surface area contributed by atoms with Crippen LogP contribution in [0.15, 0.2) is 36.5 Å². The molecule has 6 heteroatoms. The second-order valence-corrected chi connectivity index (χ2v) is 6.82. The first-order valence-corrected chi connectivity index (χ1v) is 9.07. The Morgan fingerprint density at radius 1 is 1.36 bits per heavy atom. The molecule has 132 valence electrons. The molecule has 25 heavy (non-hydrogen) atoms. The molecule has 1 saturated heterocycles. The van der Waals surface area contributed by atoms with E-state index in [9.17, 15) is 4.79 Å². The highest BCUT2D eigenvalue weighted by Crippen LogP contribution is 2.21. The van der Waals surface area contributed by atoms with Crippen molar-refractivity contribution in [2.24, 2.45) is 5.92 Å². The molecule has 0 spiro atoms. The van der Waals surface area contributed by atoms with Gasteiger partial charge in [0.25, 0.3) is 0 Å². The number of carbonyl (C=O) groups excluding carboxylic acids is 1. The van der Waals surface area contributed by atoms with Crippen LogP contribution in [0.1, 0.15) is 24.1 Å². The quantitative estimate of drug-likeness (QED) is 0.892. The van der Waals surface area contributed by atoms with Gasteiger partial charge in [-0.1, -0.05) is 29.8 Å². The number of aromatic nitrogens is 2. The van der Waals surface area contributed by atoms with Gasteiger partial charge in [-0.3, -0.25) is 4.79 Å². The van der Waals surface area contributed by atoms with Gasteiger partial charge >= 0.3 is 0 Å². The van der Waals surface area contributed by atoms with Crippen molar-refractivity contribution in [3.8, 4) is 0 Å². The largest absolute Gasteiger partial charge is 0.355 e. The Kier molecular flexibility index (Phi) is 5.87. The molecular formula is C19H23ClN4O. The maximum absolute atomic E-state index is 12.5. The van der Waals surface area contributed by atoms with Gasteiger partial charge < -0.3 is 10.2 Å². The molecule has 5 nitrogen and oxygen atoms in total. The molecule has 0 bridgehead atoms. The predicted octanol–water partition coefficient (Wildman–Crippen LogP) is 3.01. The Hall–Kier alpha value is -2.14.